The molecule has 24 heavy (non-hydrogen) atoms. The first-order valence-electron chi connectivity index (χ1n) is 8.15. The standard InChI is InChI=1S/C17H22F2N2O2.ClH/c18-14-5-4-11(8-15(14)19)16-10-21(6-7-23-16)17(22)13-3-1-2-12(13)9-20;/h4-5,8,12-13,16H,1-3,6-7,9-10,20H2;1H/t12-,13-,16?;/m1./s1. The number of rotatable bonds is 3. The second-order valence-corrected chi connectivity index (χ2v) is 6.35. The number of carbonyl (C=O) groups excluding carboxylic acids is 1. The van der Waals surface area contributed by atoms with E-state index in [4.69, 9.17) is 10.5 Å². The highest BCUT2D eigenvalue weighted by atomic mass is 35.5. The Morgan fingerprint density at radius 3 is 2.79 bits per heavy atom. The zero-order chi connectivity index (χ0) is 16.4. The first-order valence-corrected chi connectivity index (χ1v) is 8.15. The molecule has 2 N–H and O–H groups in total. The van der Waals surface area contributed by atoms with Crippen LogP contribution in [0.1, 0.15) is 30.9 Å². The van der Waals surface area contributed by atoms with Gasteiger partial charge in [-0.3, -0.25) is 4.79 Å². The molecule has 1 saturated carbocycles. The summed E-state index contributed by atoms with van der Waals surface area (Å²) < 4.78 is 32.1. The molecule has 2 aliphatic rings. The summed E-state index contributed by atoms with van der Waals surface area (Å²) in [5.41, 5.74) is 6.33. The van der Waals surface area contributed by atoms with Crippen LogP contribution in [0.3, 0.4) is 0 Å². The van der Waals surface area contributed by atoms with Crippen LogP contribution in [-0.4, -0.2) is 37.0 Å². The minimum Gasteiger partial charge on any atom is -0.370 e. The van der Waals surface area contributed by atoms with Crippen molar-refractivity contribution in [3.63, 3.8) is 0 Å². The van der Waals surface area contributed by atoms with E-state index in [2.05, 4.69) is 0 Å². The van der Waals surface area contributed by atoms with Gasteiger partial charge in [0, 0.05) is 12.5 Å². The average molecular weight is 361 g/mol. The van der Waals surface area contributed by atoms with Crippen LogP contribution in [-0.2, 0) is 9.53 Å². The zero-order valence-electron chi connectivity index (χ0n) is 13.4. The number of benzene rings is 1. The molecule has 2 fully saturated rings. The highest BCUT2D eigenvalue weighted by Gasteiger charge is 2.36. The molecule has 1 heterocycles. The third-order valence-electron chi connectivity index (χ3n) is 4.97. The summed E-state index contributed by atoms with van der Waals surface area (Å²) in [5.74, 6) is -1.41. The van der Waals surface area contributed by atoms with Crippen molar-refractivity contribution in [2.24, 2.45) is 17.6 Å². The number of hydrogen-bond donors (Lipinski definition) is 1. The predicted octanol–water partition coefficient (Wildman–Crippen LogP) is 2.66. The summed E-state index contributed by atoms with van der Waals surface area (Å²) in [6.07, 6.45) is 2.51. The molecule has 0 spiro atoms. The number of morpholine rings is 1. The Bertz CT molecular complexity index is 588. The SMILES string of the molecule is Cl.NC[C@H]1CCC[C@H]1C(=O)N1CCOC(c2ccc(F)c(F)c2)C1. The van der Waals surface area contributed by atoms with Gasteiger partial charge in [-0.25, -0.2) is 8.78 Å². The molecule has 1 aromatic rings. The topological polar surface area (TPSA) is 55.6 Å². The van der Waals surface area contributed by atoms with Gasteiger partial charge in [0.2, 0.25) is 5.91 Å². The molecule has 0 radical (unpaired) electrons. The van der Waals surface area contributed by atoms with Crippen molar-refractivity contribution in [2.45, 2.75) is 25.4 Å². The maximum atomic E-state index is 13.4. The van der Waals surface area contributed by atoms with E-state index in [0.717, 1.165) is 31.4 Å². The van der Waals surface area contributed by atoms with Crippen LogP contribution in [0.5, 0.6) is 0 Å². The van der Waals surface area contributed by atoms with Crippen molar-refractivity contribution in [1.29, 1.82) is 0 Å². The molecule has 134 valence electrons. The maximum absolute atomic E-state index is 13.4. The zero-order valence-corrected chi connectivity index (χ0v) is 14.2. The first-order chi connectivity index (χ1) is 11.1. The van der Waals surface area contributed by atoms with Crippen LogP contribution in [0.15, 0.2) is 18.2 Å². The number of carbonyl (C=O) groups is 1. The van der Waals surface area contributed by atoms with Gasteiger partial charge >= 0.3 is 0 Å². The van der Waals surface area contributed by atoms with E-state index in [-0.39, 0.29) is 30.2 Å². The molecule has 1 aliphatic heterocycles. The lowest BCUT2D eigenvalue weighted by atomic mass is 9.94. The quantitative estimate of drug-likeness (QED) is 0.901. The molecule has 1 aromatic carbocycles. The van der Waals surface area contributed by atoms with Gasteiger partial charge < -0.3 is 15.4 Å². The number of hydrogen-bond acceptors (Lipinski definition) is 3. The third-order valence-corrected chi connectivity index (χ3v) is 4.97. The number of ether oxygens (including phenoxy) is 1. The second kappa shape index (κ2) is 8.23. The molecule has 1 amide bonds. The Labute approximate surface area is 146 Å². The number of nitrogens with zero attached hydrogens (tertiary/aromatic N) is 1. The van der Waals surface area contributed by atoms with E-state index in [1.165, 1.54) is 6.07 Å². The third kappa shape index (κ3) is 3.87. The van der Waals surface area contributed by atoms with Crippen molar-refractivity contribution in [3.8, 4) is 0 Å². The fraction of sp³-hybridized carbons (Fsp3) is 0.588. The van der Waals surface area contributed by atoms with Gasteiger partial charge in [-0.15, -0.1) is 12.4 Å². The van der Waals surface area contributed by atoms with Crippen molar-refractivity contribution >= 4 is 18.3 Å². The average Bonchev–Trinajstić information content (AvgIpc) is 3.05. The first kappa shape index (κ1) is 19.1. The van der Waals surface area contributed by atoms with Crippen LogP contribution in [0, 0.1) is 23.5 Å². The van der Waals surface area contributed by atoms with Gasteiger partial charge in [-0.05, 0) is 43.0 Å². The number of halogens is 3. The molecular formula is C17H23ClF2N2O2. The van der Waals surface area contributed by atoms with Crippen LogP contribution in [0.2, 0.25) is 0 Å². The van der Waals surface area contributed by atoms with Crippen LogP contribution in [0.4, 0.5) is 8.78 Å². The Kier molecular flexibility index (Phi) is 6.54. The van der Waals surface area contributed by atoms with E-state index in [1.807, 2.05) is 0 Å². The molecule has 1 unspecified atom stereocenters. The summed E-state index contributed by atoms with van der Waals surface area (Å²) in [7, 11) is 0. The summed E-state index contributed by atoms with van der Waals surface area (Å²) in [6, 6.07) is 3.75. The lowest BCUT2D eigenvalue weighted by Crippen LogP contribution is -2.46. The smallest absolute Gasteiger partial charge is 0.226 e. The summed E-state index contributed by atoms with van der Waals surface area (Å²) in [6.45, 7) is 1.84. The van der Waals surface area contributed by atoms with Gasteiger partial charge in [-0.1, -0.05) is 12.5 Å². The largest absolute Gasteiger partial charge is 0.370 e. The molecule has 7 heteroatoms. The Morgan fingerprint density at radius 1 is 1.29 bits per heavy atom. The van der Waals surface area contributed by atoms with E-state index in [9.17, 15) is 13.6 Å². The second-order valence-electron chi connectivity index (χ2n) is 6.35. The molecule has 3 atom stereocenters. The fourth-order valence-corrected chi connectivity index (χ4v) is 3.64. The van der Waals surface area contributed by atoms with Gasteiger partial charge in [0.15, 0.2) is 11.6 Å². The summed E-state index contributed by atoms with van der Waals surface area (Å²) in [5, 5.41) is 0. The highest BCUT2D eigenvalue weighted by molar-refractivity contribution is 5.85. The monoisotopic (exact) mass is 360 g/mol. The fourth-order valence-electron chi connectivity index (χ4n) is 3.64. The molecule has 4 nitrogen and oxygen atoms in total. The van der Waals surface area contributed by atoms with Crippen LogP contribution in [0.25, 0.3) is 0 Å². The minimum atomic E-state index is -0.895. The summed E-state index contributed by atoms with van der Waals surface area (Å²) in [4.78, 5) is 14.5. The maximum Gasteiger partial charge on any atom is 0.226 e. The number of nitrogens with two attached hydrogens (primary N) is 1. The molecule has 0 bridgehead atoms. The molecule has 1 aliphatic carbocycles. The van der Waals surface area contributed by atoms with Crippen LogP contribution < -0.4 is 5.73 Å². The van der Waals surface area contributed by atoms with Gasteiger partial charge in [-0.2, -0.15) is 0 Å². The number of amides is 1. The van der Waals surface area contributed by atoms with Crippen molar-refractivity contribution in [2.75, 3.05) is 26.2 Å². The molecule has 0 aromatic heterocycles. The highest BCUT2D eigenvalue weighted by Crippen LogP contribution is 2.34. The summed E-state index contributed by atoms with van der Waals surface area (Å²) >= 11 is 0. The Balaban J connectivity index is 0.00000208. The lowest BCUT2D eigenvalue weighted by molar-refractivity contribution is -0.144. The lowest BCUT2D eigenvalue weighted by Gasteiger charge is -2.35. The van der Waals surface area contributed by atoms with E-state index in [1.54, 1.807) is 4.90 Å². The van der Waals surface area contributed by atoms with E-state index in [0.29, 0.717) is 31.8 Å². The van der Waals surface area contributed by atoms with Gasteiger partial charge in [0.25, 0.3) is 0 Å². The minimum absolute atomic E-state index is 0. The van der Waals surface area contributed by atoms with E-state index >= 15 is 0 Å². The van der Waals surface area contributed by atoms with E-state index < -0.39 is 17.7 Å². The van der Waals surface area contributed by atoms with Crippen LogP contribution >= 0.6 is 12.4 Å². The normalized spacial score (nSPS) is 27.0. The van der Waals surface area contributed by atoms with Crippen molar-refractivity contribution in [3.05, 3.63) is 35.4 Å². The van der Waals surface area contributed by atoms with Gasteiger partial charge in [0.05, 0.1) is 13.2 Å². The van der Waals surface area contributed by atoms with Gasteiger partial charge in [0.1, 0.15) is 6.10 Å². The van der Waals surface area contributed by atoms with Crippen molar-refractivity contribution in [1.82, 2.24) is 4.90 Å². The van der Waals surface area contributed by atoms with Crippen molar-refractivity contribution < 1.29 is 18.3 Å². The molecule has 1 saturated heterocycles. The Morgan fingerprint density at radius 2 is 2.08 bits per heavy atom. The molecular weight excluding hydrogens is 338 g/mol. The molecule has 3 rings (SSSR count). The Hall–Kier alpha value is -1.24. The predicted molar refractivity (Wildman–Crippen MR) is 88.8 cm³/mol.